The highest BCUT2D eigenvalue weighted by Crippen LogP contribution is 2.32. The van der Waals surface area contributed by atoms with Crippen LogP contribution < -0.4 is 16.4 Å². The van der Waals surface area contributed by atoms with Gasteiger partial charge in [-0.3, -0.25) is 9.59 Å². The molecule has 1 aromatic heterocycles. The smallest absolute Gasteiger partial charge is 0.230 e. The molecule has 4 N–H and O–H groups in total. The largest absolute Gasteiger partial charge is 0.369 e. The maximum absolute atomic E-state index is 11.9. The van der Waals surface area contributed by atoms with Crippen molar-refractivity contribution in [1.29, 1.82) is 0 Å². The van der Waals surface area contributed by atoms with Crippen molar-refractivity contribution in [2.75, 3.05) is 24.2 Å². The lowest BCUT2D eigenvalue weighted by molar-refractivity contribution is -0.119. The molecule has 1 aliphatic rings. The molecule has 6 nitrogen and oxygen atoms in total. The standard InChI is InChI=1S/C11H16N4O2S2.ClH/c1-6-10(18-5-8(12)16)19-11(14-6)15-9(17)7-2-3-13-4-7;/h7,13H,2-5H2,1H3,(H2,12,16)(H,14,15,17);1H. The van der Waals surface area contributed by atoms with E-state index in [1.807, 2.05) is 6.92 Å². The first-order chi connectivity index (χ1) is 9.06. The molecular formula is C11H17ClN4O2S2. The minimum atomic E-state index is -0.361. The number of amides is 2. The van der Waals surface area contributed by atoms with Crippen LogP contribution in [0.3, 0.4) is 0 Å². The topological polar surface area (TPSA) is 97.1 Å². The Kier molecular flexibility index (Phi) is 6.74. The van der Waals surface area contributed by atoms with E-state index in [2.05, 4.69) is 15.6 Å². The van der Waals surface area contributed by atoms with Crippen LogP contribution in [0.2, 0.25) is 0 Å². The third-order valence-electron chi connectivity index (χ3n) is 2.76. The molecule has 2 amide bonds. The van der Waals surface area contributed by atoms with Crippen molar-refractivity contribution < 1.29 is 9.59 Å². The molecule has 0 spiro atoms. The summed E-state index contributed by atoms with van der Waals surface area (Å²) in [5.41, 5.74) is 5.92. The third-order valence-corrected chi connectivity index (χ3v) is 5.22. The zero-order chi connectivity index (χ0) is 13.8. The number of nitrogens with zero attached hydrogens (tertiary/aromatic N) is 1. The van der Waals surface area contributed by atoms with E-state index in [1.165, 1.54) is 23.1 Å². The molecule has 1 atom stereocenters. The monoisotopic (exact) mass is 336 g/mol. The number of anilines is 1. The zero-order valence-electron chi connectivity index (χ0n) is 11.0. The van der Waals surface area contributed by atoms with Gasteiger partial charge in [-0.05, 0) is 19.9 Å². The molecule has 1 saturated heterocycles. The predicted octanol–water partition coefficient (Wildman–Crippen LogP) is 0.999. The van der Waals surface area contributed by atoms with Gasteiger partial charge in [-0.15, -0.1) is 24.2 Å². The van der Waals surface area contributed by atoms with Gasteiger partial charge in [-0.2, -0.15) is 0 Å². The first kappa shape index (κ1) is 17.2. The second-order valence-corrected chi connectivity index (χ2v) is 6.57. The SMILES string of the molecule is Cc1nc(NC(=O)C2CCNC2)sc1SCC(N)=O.Cl. The summed E-state index contributed by atoms with van der Waals surface area (Å²) in [5, 5.41) is 6.57. The van der Waals surface area contributed by atoms with Crippen LogP contribution in [0.25, 0.3) is 0 Å². The Bertz CT molecular complexity index is 489. The van der Waals surface area contributed by atoms with Gasteiger partial charge in [-0.1, -0.05) is 11.3 Å². The quantitative estimate of drug-likeness (QED) is 0.697. The number of rotatable bonds is 5. The number of halogens is 1. The molecule has 0 radical (unpaired) electrons. The Morgan fingerprint density at radius 3 is 2.95 bits per heavy atom. The lowest BCUT2D eigenvalue weighted by Gasteiger charge is -2.06. The summed E-state index contributed by atoms with van der Waals surface area (Å²) in [5.74, 6) is -0.111. The normalized spacial score (nSPS) is 17.6. The van der Waals surface area contributed by atoms with Gasteiger partial charge in [0, 0.05) is 6.54 Å². The van der Waals surface area contributed by atoms with E-state index in [-0.39, 0.29) is 35.9 Å². The summed E-state index contributed by atoms with van der Waals surface area (Å²) in [4.78, 5) is 27.0. The van der Waals surface area contributed by atoms with E-state index in [9.17, 15) is 9.59 Å². The number of hydrogen-bond acceptors (Lipinski definition) is 6. The Morgan fingerprint density at radius 2 is 2.35 bits per heavy atom. The van der Waals surface area contributed by atoms with E-state index < -0.39 is 0 Å². The van der Waals surface area contributed by atoms with Crippen LogP contribution >= 0.6 is 35.5 Å². The maximum atomic E-state index is 11.9. The van der Waals surface area contributed by atoms with Crippen LogP contribution in [-0.4, -0.2) is 35.6 Å². The summed E-state index contributed by atoms with van der Waals surface area (Å²) in [6.07, 6.45) is 0.861. The zero-order valence-corrected chi connectivity index (χ0v) is 13.4. The van der Waals surface area contributed by atoms with E-state index in [4.69, 9.17) is 5.73 Å². The molecule has 1 fully saturated rings. The van der Waals surface area contributed by atoms with Crippen LogP contribution in [0.15, 0.2) is 4.21 Å². The maximum Gasteiger partial charge on any atom is 0.230 e. The average molecular weight is 337 g/mol. The molecule has 1 unspecified atom stereocenters. The highest BCUT2D eigenvalue weighted by molar-refractivity contribution is 8.01. The van der Waals surface area contributed by atoms with E-state index in [0.717, 1.165) is 29.4 Å². The highest BCUT2D eigenvalue weighted by Gasteiger charge is 2.23. The van der Waals surface area contributed by atoms with Crippen LogP contribution in [-0.2, 0) is 9.59 Å². The highest BCUT2D eigenvalue weighted by atomic mass is 35.5. The lowest BCUT2D eigenvalue weighted by atomic mass is 10.1. The Hall–Kier alpha value is -0.830. The summed E-state index contributed by atoms with van der Waals surface area (Å²) < 4.78 is 0.915. The van der Waals surface area contributed by atoms with Crippen molar-refractivity contribution in [2.24, 2.45) is 11.7 Å². The number of thiazole rings is 1. The molecule has 9 heteroatoms. The van der Waals surface area contributed by atoms with Crippen molar-refractivity contribution in [3.8, 4) is 0 Å². The van der Waals surface area contributed by atoms with Gasteiger partial charge >= 0.3 is 0 Å². The summed E-state index contributed by atoms with van der Waals surface area (Å²) in [6.45, 7) is 3.46. The molecular weight excluding hydrogens is 320 g/mol. The number of thioether (sulfide) groups is 1. The van der Waals surface area contributed by atoms with Crippen LogP contribution in [0, 0.1) is 12.8 Å². The molecule has 112 valence electrons. The third kappa shape index (κ3) is 4.62. The van der Waals surface area contributed by atoms with Crippen molar-refractivity contribution >= 4 is 52.5 Å². The predicted molar refractivity (Wildman–Crippen MR) is 83.6 cm³/mol. The fraction of sp³-hybridized carbons (Fsp3) is 0.545. The van der Waals surface area contributed by atoms with Crippen LogP contribution in [0.4, 0.5) is 5.13 Å². The summed E-state index contributed by atoms with van der Waals surface area (Å²) in [7, 11) is 0. The number of carbonyl (C=O) groups is 2. The fourth-order valence-electron chi connectivity index (χ4n) is 1.79. The van der Waals surface area contributed by atoms with Gasteiger partial charge in [0.25, 0.3) is 0 Å². The minimum absolute atomic E-state index is 0. The van der Waals surface area contributed by atoms with Gasteiger partial charge in [0.1, 0.15) is 0 Å². The van der Waals surface area contributed by atoms with E-state index in [1.54, 1.807) is 0 Å². The average Bonchev–Trinajstić information content (AvgIpc) is 2.96. The number of primary amides is 1. The molecule has 0 saturated carbocycles. The lowest BCUT2D eigenvalue weighted by Crippen LogP contribution is -2.24. The first-order valence-corrected chi connectivity index (χ1v) is 7.76. The Labute approximate surface area is 131 Å². The number of hydrogen-bond donors (Lipinski definition) is 3. The molecule has 2 rings (SSSR count). The molecule has 1 aliphatic heterocycles. The first-order valence-electron chi connectivity index (χ1n) is 5.96. The molecule has 20 heavy (non-hydrogen) atoms. The fourth-order valence-corrected chi connectivity index (χ4v) is 3.67. The summed E-state index contributed by atoms with van der Waals surface area (Å²) in [6, 6.07) is 0. The second-order valence-electron chi connectivity index (χ2n) is 4.33. The molecule has 0 aliphatic carbocycles. The Morgan fingerprint density at radius 1 is 1.60 bits per heavy atom. The molecule has 0 aromatic carbocycles. The van der Waals surface area contributed by atoms with Crippen LogP contribution in [0.5, 0.6) is 0 Å². The number of aryl methyl sites for hydroxylation is 1. The van der Waals surface area contributed by atoms with Gasteiger partial charge < -0.3 is 16.4 Å². The van der Waals surface area contributed by atoms with Crippen molar-refractivity contribution in [3.63, 3.8) is 0 Å². The molecule has 2 heterocycles. The van der Waals surface area contributed by atoms with Gasteiger partial charge in [0.2, 0.25) is 11.8 Å². The van der Waals surface area contributed by atoms with Gasteiger partial charge in [0.05, 0.1) is 21.6 Å². The second kappa shape index (κ2) is 7.82. The van der Waals surface area contributed by atoms with Crippen molar-refractivity contribution in [3.05, 3.63) is 5.69 Å². The molecule has 0 bridgehead atoms. The number of nitrogens with two attached hydrogens (primary N) is 1. The Balaban J connectivity index is 0.00000200. The van der Waals surface area contributed by atoms with Gasteiger partial charge in [-0.25, -0.2) is 4.98 Å². The van der Waals surface area contributed by atoms with Crippen LogP contribution in [0.1, 0.15) is 12.1 Å². The van der Waals surface area contributed by atoms with Crippen molar-refractivity contribution in [1.82, 2.24) is 10.3 Å². The number of nitrogens with one attached hydrogen (secondary N) is 2. The van der Waals surface area contributed by atoms with E-state index >= 15 is 0 Å². The number of carbonyl (C=O) groups excluding carboxylic acids is 2. The number of aromatic nitrogens is 1. The van der Waals surface area contributed by atoms with Gasteiger partial charge in [0.15, 0.2) is 5.13 Å². The minimum Gasteiger partial charge on any atom is -0.369 e. The molecule has 1 aromatic rings. The van der Waals surface area contributed by atoms with Crippen molar-refractivity contribution in [2.45, 2.75) is 17.6 Å². The van der Waals surface area contributed by atoms with E-state index in [0.29, 0.717) is 5.13 Å². The summed E-state index contributed by atoms with van der Waals surface area (Å²) >= 11 is 2.73.